The number of para-hydroxylation sites is 1. The molecule has 2 amide bonds. The first-order valence-corrected chi connectivity index (χ1v) is 14.6. The zero-order valence-electron chi connectivity index (χ0n) is 23.5. The topological polar surface area (TPSA) is 111 Å². The number of nitrogens with one attached hydrogen (secondary N) is 2. The molecule has 5 aromatic rings. The van der Waals surface area contributed by atoms with Gasteiger partial charge in [0.2, 0.25) is 5.91 Å². The van der Waals surface area contributed by atoms with E-state index in [4.69, 9.17) is 22.1 Å². The highest BCUT2D eigenvalue weighted by atomic mass is 35.5. The Balaban J connectivity index is 1.14. The van der Waals surface area contributed by atoms with Crippen LogP contribution < -0.4 is 21.1 Å². The zero-order chi connectivity index (χ0) is 29.8. The molecular formula is C34H32ClN5O3. The van der Waals surface area contributed by atoms with Gasteiger partial charge < -0.3 is 25.7 Å². The minimum absolute atomic E-state index is 0.0264. The molecule has 218 valence electrons. The molecular weight excluding hydrogens is 562 g/mol. The summed E-state index contributed by atoms with van der Waals surface area (Å²) in [7, 11) is 0. The first kappa shape index (κ1) is 28.5. The summed E-state index contributed by atoms with van der Waals surface area (Å²) in [5.74, 6) is -0.513. The van der Waals surface area contributed by atoms with Crippen LogP contribution in [0, 0.1) is 0 Å². The van der Waals surface area contributed by atoms with E-state index in [9.17, 15) is 9.59 Å². The van der Waals surface area contributed by atoms with Gasteiger partial charge in [-0.05, 0) is 46.2 Å². The monoisotopic (exact) mass is 593 g/mol. The molecule has 1 unspecified atom stereocenters. The minimum atomic E-state index is -0.884. The fourth-order valence-electron chi connectivity index (χ4n) is 5.53. The van der Waals surface area contributed by atoms with Gasteiger partial charge in [0, 0.05) is 48.8 Å². The second kappa shape index (κ2) is 12.7. The van der Waals surface area contributed by atoms with E-state index >= 15 is 0 Å². The highest BCUT2D eigenvalue weighted by molar-refractivity contribution is 6.30. The summed E-state index contributed by atoms with van der Waals surface area (Å²) in [6.07, 6.45) is 4.73. The first-order valence-electron chi connectivity index (χ1n) is 14.2. The maximum absolute atomic E-state index is 13.4. The maximum Gasteiger partial charge on any atom is 0.255 e. The van der Waals surface area contributed by atoms with Crippen molar-refractivity contribution in [3.8, 4) is 5.75 Å². The summed E-state index contributed by atoms with van der Waals surface area (Å²) in [6.45, 7) is 1.77. The van der Waals surface area contributed by atoms with E-state index in [0.717, 1.165) is 23.2 Å². The molecule has 8 nitrogen and oxygen atoms in total. The first-order chi connectivity index (χ1) is 20.9. The molecule has 0 saturated carbocycles. The summed E-state index contributed by atoms with van der Waals surface area (Å²) < 4.78 is 8.15. The summed E-state index contributed by atoms with van der Waals surface area (Å²) >= 11 is 5.98. The van der Waals surface area contributed by atoms with Crippen molar-refractivity contribution in [2.24, 2.45) is 5.73 Å². The molecule has 2 heterocycles. The van der Waals surface area contributed by atoms with Gasteiger partial charge in [-0.15, -0.1) is 0 Å². The number of aromatic nitrogens is 2. The molecule has 1 aromatic heterocycles. The number of amides is 2. The van der Waals surface area contributed by atoms with Crippen molar-refractivity contribution in [3.05, 3.63) is 130 Å². The molecule has 6 rings (SSSR count). The van der Waals surface area contributed by atoms with Crippen LogP contribution in [-0.4, -0.2) is 34.0 Å². The van der Waals surface area contributed by atoms with Gasteiger partial charge in [0.05, 0.1) is 24.2 Å². The Morgan fingerprint density at radius 2 is 1.79 bits per heavy atom. The van der Waals surface area contributed by atoms with Crippen molar-refractivity contribution in [1.82, 2.24) is 20.2 Å². The van der Waals surface area contributed by atoms with Gasteiger partial charge in [-0.3, -0.25) is 9.59 Å². The molecule has 9 heteroatoms. The van der Waals surface area contributed by atoms with E-state index in [0.29, 0.717) is 36.0 Å². The molecule has 0 saturated heterocycles. The molecule has 0 aliphatic carbocycles. The van der Waals surface area contributed by atoms with Gasteiger partial charge in [-0.1, -0.05) is 72.3 Å². The van der Waals surface area contributed by atoms with Crippen LogP contribution in [0.3, 0.4) is 0 Å². The van der Waals surface area contributed by atoms with Crippen molar-refractivity contribution in [1.29, 1.82) is 0 Å². The molecule has 4 aromatic carbocycles. The Morgan fingerprint density at radius 3 is 2.60 bits per heavy atom. The van der Waals surface area contributed by atoms with E-state index in [-0.39, 0.29) is 12.5 Å². The average Bonchev–Trinajstić information content (AvgIpc) is 3.46. The highest BCUT2D eigenvalue weighted by Crippen LogP contribution is 2.35. The van der Waals surface area contributed by atoms with E-state index in [1.165, 1.54) is 16.3 Å². The van der Waals surface area contributed by atoms with Gasteiger partial charge in [0.1, 0.15) is 11.8 Å². The maximum atomic E-state index is 13.4. The lowest BCUT2D eigenvalue weighted by molar-refractivity contribution is -0.119. The molecule has 0 fully saturated rings. The van der Waals surface area contributed by atoms with Crippen LogP contribution in [0.15, 0.2) is 97.5 Å². The average molecular weight is 594 g/mol. The number of halogens is 1. The summed E-state index contributed by atoms with van der Waals surface area (Å²) in [5.41, 5.74) is 10.0. The third-order valence-corrected chi connectivity index (χ3v) is 8.07. The number of hydrogen-bond acceptors (Lipinski definition) is 5. The number of primary amides is 1. The lowest BCUT2D eigenvalue weighted by Gasteiger charge is -2.28. The largest absolute Gasteiger partial charge is 0.492 e. The van der Waals surface area contributed by atoms with Crippen molar-refractivity contribution in [3.63, 3.8) is 0 Å². The SMILES string of the molecule is NC(=O)[C@H](Cc1ccc(Cl)cc1)NC(=O)c1cccc2c1OCCC2NCc1cncn1Cc1ccc2ccccc2c1. The van der Waals surface area contributed by atoms with Crippen LogP contribution in [0.2, 0.25) is 5.02 Å². The van der Waals surface area contributed by atoms with Crippen molar-refractivity contribution in [2.75, 3.05) is 6.61 Å². The van der Waals surface area contributed by atoms with Gasteiger partial charge in [0.25, 0.3) is 5.91 Å². The standard InChI is InChI=1S/C34H32ClN5O3/c35-26-12-9-22(10-13-26)17-31(33(36)41)39-34(42)29-7-3-6-28-30(14-15-43-32(28)29)38-19-27-18-37-21-40(27)20-23-8-11-24-4-1-2-5-25(24)16-23/h1-13,16,18,21,30-31,38H,14-15,17,19-20H2,(H2,36,41)(H,39,42)/t30?,31-/m0/s1. The van der Waals surface area contributed by atoms with E-state index in [1.807, 2.05) is 42.9 Å². The Bertz CT molecular complexity index is 1770. The number of benzene rings is 4. The highest BCUT2D eigenvalue weighted by Gasteiger charge is 2.28. The summed E-state index contributed by atoms with van der Waals surface area (Å²) in [4.78, 5) is 30.0. The number of ether oxygens (including phenoxy) is 1. The number of nitrogens with zero attached hydrogens (tertiary/aromatic N) is 2. The third-order valence-electron chi connectivity index (χ3n) is 7.82. The van der Waals surface area contributed by atoms with Gasteiger partial charge in [-0.25, -0.2) is 4.98 Å². The predicted octanol–water partition coefficient (Wildman–Crippen LogP) is 5.18. The molecule has 1 aliphatic heterocycles. The van der Waals surface area contributed by atoms with Crippen LogP contribution in [0.5, 0.6) is 5.75 Å². The van der Waals surface area contributed by atoms with Crippen molar-refractivity contribution in [2.45, 2.75) is 38.0 Å². The van der Waals surface area contributed by atoms with Crippen LogP contribution in [-0.2, 0) is 24.3 Å². The quantitative estimate of drug-likeness (QED) is 0.207. The summed E-state index contributed by atoms with van der Waals surface area (Å²) in [6, 6.07) is 26.5. The molecule has 2 atom stereocenters. The second-order valence-electron chi connectivity index (χ2n) is 10.7. The molecule has 4 N–H and O–H groups in total. The number of imidazole rings is 1. The Hall–Kier alpha value is -4.66. The van der Waals surface area contributed by atoms with Crippen molar-refractivity contribution < 1.29 is 14.3 Å². The fraction of sp³-hybridized carbons (Fsp3) is 0.206. The minimum Gasteiger partial charge on any atom is -0.492 e. The molecule has 0 bridgehead atoms. The van der Waals surface area contributed by atoms with Gasteiger partial charge in [-0.2, -0.15) is 0 Å². The molecule has 0 spiro atoms. The second-order valence-corrected chi connectivity index (χ2v) is 11.2. The molecule has 0 radical (unpaired) electrons. The molecule has 1 aliphatic rings. The van der Waals surface area contributed by atoms with E-state index in [2.05, 4.69) is 56.6 Å². The number of carbonyl (C=O) groups is 2. The Kier molecular flexibility index (Phi) is 8.40. The van der Waals surface area contributed by atoms with Crippen LogP contribution in [0.1, 0.15) is 45.2 Å². The lowest BCUT2D eigenvalue weighted by Crippen LogP contribution is -2.46. The molecule has 43 heavy (non-hydrogen) atoms. The van der Waals surface area contributed by atoms with Gasteiger partial charge >= 0.3 is 0 Å². The van der Waals surface area contributed by atoms with Crippen LogP contribution >= 0.6 is 11.6 Å². The van der Waals surface area contributed by atoms with Crippen LogP contribution in [0.4, 0.5) is 0 Å². The van der Waals surface area contributed by atoms with Gasteiger partial charge in [0.15, 0.2) is 0 Å². The summed E-state index contributed by atoms with van der Waals surface area (Å²) in [5, 5.41) is 9.46. The normalized spacial score (nSPS) is 15.0. The third kappa shape index (κ3) is 6.56. The Morgan fingerprint density at radius 1 is 1.00 bits per heavy atom. The van der Waals surface area contributed by atoms with Crippen molar-refractivity contribution >= 4 is 34.2 Å². The smallest absolute Gasteiger partial charge is 0.255 e. The van der Waals surface area contributed by atoms with E-state index < -0.39 is 17.9 Å². The number of nitrogens with two attached hydrogens (primary N) is 1. The fourth-order valence-corrected chi connectivity index (χ4v) is 5.66. The number of carbonyl (C=O) groups excluding carboxylic acids is 2. The lowest BCUT2D eigenvalue weighted by atomic mass is 9.96. The van der Waals surface area contributed by atoms with Crippen LogP contribution in [0.25, 0.3) is 10.8 Å². The predicted molar refractivity (Wildman–Crippen MR) is 167 cm³/mol. The number of fused-ring (bicyclic) bond motifs is 2. The number of rotatable bonds is 10. The zero-order valence-corrected chi connectivity index (χ0v) is 24.3. The van der Waals surface area contributed by atoms with E-state index in [1.54, 1.807) is 18.2 Å². The number of hydrogen-bond donors (Lipinski definition) is 3. The Labute approximate surface area is 254 Å².